The van der Waals surface area contributed by atoms with Gasteiger partial charge >= 0.3 is 0 Å². The summed E-state index contributed by atoms with van der Waals surface area (Å²) in [5.74, 6) is -0.848. The number of ether oxygens (including phenoxy) is 1. The van der Waals surface area contributed by atoms with E-state index in [-0.39, 0.29) is 17.9 Å². The number of hydrogen-bond donors (Lipinski definition) is 0. The highest BCUT2D eigenvalue weighted by molar-refractivity contribution is 6.30. The Labute approximate surface area is 221 Å². The van der Waals surface area contributed by atoms with E-state index >= 15 is 0 Å². The van der Waals surface area contributed by atoms with Crippen molar-refractivity contribution in [1.29, 1.82) is 5.26 Å². The number of benzene rings is 2. The fourth-order valence-corrected chi connectivity index (χ4v) is 5.37. The quantitative estimate of drug-likeness (QED) is 0.385. The molecule has 2 aromatic carbocycles. The Kier molecular flexibility index (Phi) is 7.54. The van der Waals surface area contributed by atoms with Crippen LogP contribution < -0.4 is 10.5 Å². The summed E-state index contributed by atoms with van der Waals surface area (Å²) in [7, 11) is 1.68. The Hall–Kier alpha value is -3.47. The molecule has 192 valence electrons. The predicted octanol–water partition coefficient (Wildman–Crippen LogP) is 5.11. The topological polar surface area (TPSA) is 92.4 Å². The van der Waals surface area contributed by atoms with E-state index in [1.165, 1.54) is 6.07 Å². The van der Waals surface area contributed by atoms with Crippen molar-refractivity contribution in [3.8, 4) is 6.07 Å². The summed E-state index contributed by atoms with van der Waals surface area (Å²) in [4.78, 5) is 39.2. The highest BCUT2D eigenvalue weighted by atomic mass is 35.5. The molecular formula is C29H30ClN3O4. The number of nitriles is 1. The number of amides is 1. The lowest BCUT2D eigenvalue weighted by Gasteiger charge is -2.35. The van der Waals surface area contributed by atoms with Gasteiger partial charge in [0.15, 0.2) is 0 Å². The van der Waals surface area contributed by atoms with E-state index in [9.17, 15) is 19.6 Å². The summed E-state index contributed by atoms with van der Waals surface area (Å²) in [6.45, 7) is 4.30. The second-order valence-corrected chi connectivity index (χ2v) is 10.6. The summed E-state index contributed by atoms with van der Waals surface area (Å²) < 4.78 is 8.04. The summed E-state index contributed by atoms with van der Waals surface area (Å²) in [5, 5.41) is 11.5. The lowest BCUT2D eigenvalue weighted by molar-refractivity contribution is -0.142. The van der Waals surface area contributed by atoms with Crippen LogP contribution in [-0.4, -0.2) is 35.0 Å². The average molecular weight is 520 g/mol. The minimum absolute atomic E-state index is 0.00530. The molecular weight excluding hydrogens is 490 g/mol. The van der Waals surface area contributed by atoms with Gasteiger partial charge in [-0.25, -0.2) is 0 Å². The number of pyridine rings is 1. The van der Waals surface area contributed by atoms with Gasteiger partial charge in [-0.05, 0) is 51.3 Å². The molecule has 0 aliphatic carbocycles. The lowest BCUT2D eigenvalue weighted by atomic mass is 9.84. The SMILES string of the molecule is CN(C(=O)CC(C=O)C1(C)CCC(C)(CCn2cc(Cl)ccc2=O)O1)c1ccc(C#N)c2ccccc12. The van der Waals surface area contributed by atoms with Crippen molar-refractivity contribution >= 4 is 40.3 Å². The molecule has 37 heavy (non-hydrogen) atoms. The van der Waals surface area contributed by atoms with Crippen LogP contribution in [0, 0.1) is 17.2 Å². The maximum absolute atomic E-state index is 13.3. The molecule has 1 aliphatic heterocycles. The van der Waals surface area contributed by atoms with Crippen LogP contribution in [0.4, 0.5) is 5.69 Å². The minimum atomic E-state index is -0.807. The van der Waals surface area contributed by atoms with Crippen LogP contribution in [0.25, 0.3) is 10.8 Å². The number of anilines is 1. The number of carbonyl (C=O) groups excluding carboxylic acids is 2. The smallest absolute Gasteiger partial charge is 0.250 e. The molecule has 0 saturated carbocycles. The number of fused-ring (bicyclic) bond motifs is 1. The number of halogens is 1. The molecule has 0 N–H and O–H groups in total. The summed E-state index contributed by atoms with van der Waals surface area (Å²) in [6, 6.07) is 16.1. The number of hydrogen-bond acceptors (Lipinski definition) is 5. The second kappa shape index (κ2) is 10.5. The zero-order valence-corrected chi connectivity index (χ0v) is 22.0. The molecule has 0 bridgehead atoms. The van der Waals surface area contributed by atoms with Gasteiger partial charge in [0.25, 0.3) is 5.56 Å². The van der Waals surface area contributed by atoms with E-state index in [1.807, 2.05) is 38.1 Å². The Bertz CT molecular complexity index is 1450. The number of aromatic nitrogens is 1. The number of aldehydes is 1. The maximum Gasteiger partial charge on any atom is 0.250 e. The Morgan fingerprint density at radius 3 is 2.62 bits per heavy atom. The first-order valence-corrected chi connectivity index (χ1v) is 12.7. The first-order valence-electron chi connectivity index (χ1n) is 12.3. The van der Waals surface area contributed by atoms with Crippen LogP contribution in [0.2, 0.25) is 5.02 Å². The molecule has 0 radical (unpaired) electrons. The van der Waals surface area contributed by atoms with Gasteiger partial charge in [0.2, 0.25) is 5.91 Å². The van der Waals surface area contributed by atoms with E-state index in [2.05, 4.69) is 6.07 Å². The van der Waals surface area contributed by atoms with Crippen molar-refractivity contribution in [2.45, 2.75) is 57.3 Å². The van der Waals surface area contributed by atoms with Crippen LogP contribution in [0.5, 0.6) is 0 Å². The van der Waals surface area contributed by atoms with Gasteiger partial charge in [-0.3, -0.25) is 9.59 Å². The molecule has 1 saturated heterocycles. The van der Waals surface area contributed by atoms with Gasteiger partial charge in [-0.1, -0.05) is 35.9 Å². The van der Waals surface area contributed by atoms with E-state index in [1.54, 1.807) is 40.9 Å². The Balaban J connectivity index is 1.48. The molecule has 1 aromatic heterocycles. The van der Waals surface area contributed by atoms with Gasteiger partial charge in [0, 0.05) is 43.0 Å². The molecule has 1 aliphatic rings. The Morgan fingerprint density at radius 2 is 1.92 bits per heavy atom. The maximum atomic E-state index is 13.3. The third-order valence-corrected chi connectivity index (χ3v) is 7.78. The first-order chi connectivity index (χ1) is 17.6. The van der Waals surface area contributed by atoms with E-state index in [4.69, 9.17) is 16.3 Å². The molecule has 1 fully saturated rings. The monoisotopic (exact) mass is 519 g/mol. The zero-order valence-electron chi connectivity index (χ0n) is 21.2. The number of aryl methyl sites for hydroxylation is 1. The molecule has 1 amide bonds. The average Bonchev–Trinajstić information content (AvgIpc) is 3.22. The van der Waals surface area contributed by atoms with Crippen LogP contribution in [0.1, 0.15) is 45.1 Å². The lowest BCUT2D eigenvalue weighted by Crippen LogP contribution is -2.42. The van der Waals surface area contributed by atoms with Gasteiger partial charge in [0.1, 0.15) is 6.29 Å². The molecule has 7 nitrogen and oxygen atoms in total. The number of nitrogens with zero attached hydrogens (tertiary/aromatic N) is 3. The molecule has 3 unspecified atom stereocenters. The highest BCUT2D eigenvalue weighted by Gasteiger charge is 2.48. The van der Waals surface area contributed by atoms with E-state index < -0.39 is 17.1 Å². The fraction of sp³-hybridized carbons (Fsp3) is 0.379. The fourth-order valence-electron chi connectivity index (χ4n) is 5.19. The summed E-state index contributed by atoms with van der Waals surface area (Å²) in [6.07, 6.45) is 4.31. The summed E-state index contributed by atoms with van der Waals surface area (Å²) in [5.41, 5.74) is -0.270. The van der Waals surface area contributed by atoms with Crippen molar-refractivity contribution in [3.63, 3.8) is 0 Å². The van der Waals surface area contributed by atoms with Crippen molar-refractivity contribution in [3.05, 3.63) is 75.7 Å². The molecule has 0 spiro atoms. The first kappa shape index (κ1) is 26.6. The van der Waals surface area contributed by atoms with Gasteiger partial charge in [-0.2, -0.15) is 5.26 Å². The van der Waals surface area contributed by atoms with Crippen LogP contribution in [-0.2, 0) is 20.9 Å². The van der Waals surface area contributed by atoms with Crippen LogP contribution in [0.15, 0.2) is 59.5 Å². The minimum Gasteiger partial charge on any atom is -0.368 e. The zero-order chi connectivity index (χ0) is 26.8. The molecule has 3 atom stereocenters. The molecule has 3 aromatic rings. The standard InChI is InChI=1S/C29H30ClN3O4/c1-28(14-15-33-18-22(30)9-11-26(33)35)12-13-29(2,37-28)21(19-34)16-27(36)32(3)25-10-8-20(17-31)23-6-4-5-7-24(23)25/h4-11,18-19,21H,12-16H2,1-3H3. The van der Waals surface area contributed by atoms with Crippen molar-refractivity contribution in [2.24, 2.45) is 5.92 Å². The van der Waals surface area contributed by atoms with Crippen LogP contribution >= 0.6 is 11.6 Å². The third kappa shape index (κ3) is 5.46. The number of rotatable bonds is 8. The van der Waals surface area contributed by atoms with Gasteiger partial charge in [-0.15, -0.1) is 0 Å². The molecule has 2 heterocycles. The molecule has 4 rings (SSSR count). The molecule has 8 heteroatoms. The van der Waals surface area contributed by atoms with Crippen molar-refractivity contribution in [2.75, 3.05) is 11.9 Å². The van der Waals surface area contributed by atoms with Crippen molar-refractivity contribution < 1.29 is 14.3 Å². The van der Waals surface area contributed by atoms with Crippen LogP contribution in [0.3, 0.4) is 0 Å². The van der Waals surface area contributed by atoms with Gasteiger partial charge < -0.3 is 19.0 Å². The highest BCUT2D eigenvalue weighted by Crippen LogP contribution is 2.44. The normalized spacial score (nSPS) is 21.9. The predicted molar refractivity (Wildman–Crippen MR) is 144 cm³/mol. The third-order valence-electron chi connectivity index (χ3n) is 7.56. The van der Waals surface area contributed by atoms with Gasteiger partial charge in [0.05, 0.1) is 39.5 Å². The summed E-state index contributed by atoms with van der Waals surface area (Å²) >= 11 is 6.04. The van der Waals surface area contributed by atoms with Crippen molar-refractivity contribution in [1.82, 2.24) is 4.57 Å². The Morgan fingerprint density at radius 1 is 1.19 bits per heavy atom. The largest absolute Gasteiger partial charge is 0.368 e. The van der Waals surface area contributed by atoms with E-state index in [0.717, 1.165) is 17.1 Å². The second-order valence-electron chi connectivity index (χ2n) is 10.2. The van der Waals surface area contributed by atoms with E-state index in [0.29, 0.717) is 42.1 Å². The number of carbonyl (C=O) groups is 2.